The molecule has 1 saturated heterocycles. The molecule has 0 bridgehead atoms. The zero-order valence-corrected chi connectivity index (χ0v) is 25.4. The van der Waals surface area contributed by atoms with E-state index in [1.165, 1.54) is 12.6 Å². The van der Waals surface area contributed by atoms with E-state index in [0.717, 1.165) is 11.1 Å². The quantitative estimate of drug-likeness (QED) is 0.125. The second-order valence-electron chi connectivity index (χ2n) is 10.2. The van der Waals surface area contributed by atoms with Gasteiger partial charge in [-0.25, -0.2) is 14.6 Å². The van der Waals surface area contributed by atoms with Crippen molar-refractivity contribution in [2.75, 3.05) is 5.32 Å². The first-order valence-corrected chi connectivity index (χ1v) is 13.8. The maximum Gasteiger partial charge on any atom is 0.437 e. The van der Waals surface area contributed by atoms with Crippen LogP contribution in [0.5, 0.6) is 0 Å². The molecule has 1 aromatic rings. The minimum Gasteiger partial charge on any atom is -0.454 e. The van der Waals surface area contributed by atoms with Gasteiger partial charge in [0.05, 0.1) is 11.3 Å². The number of nitrogens with zero attached hydrogens (tertiary/aromatic N) is 4. The van der Waals surface area contributed by atoms with E-state index in [1.807, 2.05) is 6.07 Å². The number of carbonyl (C=O) groups excluding carboxylic acids is 4. The Morgan fingerprint density at radius 2 is 1.90 bits per heavy atom. The average molecular weight is 589 g/mol. The van der Waals surface area contributed by atoms with Gasteiger partial charge < -0.3 is 14.8 Å². The molecule has 224 valence electrons. The zero-order valence-electron chi connectivity index (χ0n) is 24.5. The molecule has 0 radical (unpaired) electrons. The van der Waals surface area contributed by atoms with Gasteiger partial charge in [-0.1, -0.05) is 39.5 Å². The third kappa shape index (κ3) is 13.3. The van der Waals surface area contributed by atoms with Crippen LogP contribution < -0.4 is 10.6 Å². The molecule has 0 aromatic carbocycles. The number of hydrogen-bond acceptors (Lipinski definition) is 10. The lowest BCUT2D eigenvalue weighted by atomic mass is 10.0. The molecule has 2 amide bonds. The summed E-state index contributed by atoms with van der Waals surface area (Å²) in [5.41, 5.74) is 0.163. The summed E-state index contributed by atoms with van der Waals surface area (Å²) in [5.74, 6) is 0.487. The monoisotopic (exact) mass is 588 g/mol. The highest BCUT2D eigenvalue weighted by Crippen LogP contribution is 2.37. The molecule has 2 atom stereocenters. The van der Waals surface area contributed by atoms with E-state index >= 15 is 0 Å². The van der Waals surface area contributed by atoms with E-state index in [4.69, 9.17) is 14.7 Å². The number of hydrogen-bond donors (Lipinski definition) is 3. The van der Waals surface area contributed by atoms with Crippen LogP contribution in [0.1, 0.15) is 91.7 Å². The smallest absolute Gasteiger partial charge is 0.437 e. The number of nitrogens with one attached hydrogen (secondary N) is 2. The predicted octanol–water partition coefficient (Wildman–Crippen LogP) is 5.63. The summed E-state index contributed by atoms with van der Waals surface area (Å²) in [6.45, 7) is 14.9. The summed E-state index contributed by atoms with van der Waals surface area (Å²) in [4.78, 5) is 48.3. The van der Waals surface area contributed by atoms with Crippen molar-refractivity contribution in [2.24, 2.45) is 4.99 Å². The highest BCUT2D eigenvalue weighted by atomic mass is 32.1. The second-order valence-corrected chi connectivity index (χ2v) is 10.6. The first-order chi connectivity index (χ1) is 19.2. The first-order valence-electron chi connectivity index (χ1n) is 13.3. The van der Waals surface area contributed by atoms with Gasteiger partial charge in [0.25, 0.3) is 0 Å². The van der Waals surface area contributed by atoms with Crippen LogP contribution in [0.15, 0.2) is 35.1 Å². The molecule has 1 aliphatic heterocycles. The second kappa shape index (κ2) is 17.0. The summed E-state index contributed by atoms with van der Waals surface area (Å²) in [6, 6.07) is 3.64. The van der Waals surface area contributed by atoms with Gasteiger partial charge in [-0.2, -0.15) is 10.4 Å². The Balaban J connectivity index is 0.000000709. The van der Waals surface area contributed by atoms with Crippen molar-refractivity contribution in [2.45, 2.75) is 97.7 Å². The summed E-state index contributed by atoms with van der Waals surface area (Å²) in [7, 11) is 0. The Labute approximate surface area is 246 Å². The number of imide groups is 1. The van der Waals surface area contributed by atoms with Gasteiger partial charge in [0, 0.05) is 31.0 Å². The third-order valence-corrected chi connectivity index (χ3v) is 5.36. The lowest BCUT2D eigenvalue weighted by molar-refractivity contribution is -0.124. The minimum atomic E-state index is -0.703. The van der Waals surface area contributed by atoms with Gasteiger partial charge >= 0.3 is 11.4 Å². The zero-order chi connectivity index (χ0) is 31.2. The number of anilines is 1. The van der Waals surface area contributed by atoms with Gasteiger partial charge in [0.1, 0.15) is 29.4 Å². The largest absolute Gasteiger partial charge is 0.454 e. The molecule has 1 saturated carbocycles. The normalized spacial score (nSPS) is 18.3. The van der Waals surface area contributed by atoms with E-state index in [2.05, 4.69) is 53.8 Å². The third-order valence-electron chi connectivity index (χ3n) is 5.26. The van der Waals surface area contributed by atoms with Crippen LogP contribution in [0.3, 0.4) is 0 Å². The van der Waals surface area contributed by atoms with Gasteiger partial charge in [0.15, 0.2) is 0 Å². The molecular formula is C28H40N6O6S. The first kappa shape index (κ1) is 35.1. The fourth-order valence-corrected chi connectivity index (χ4v) is 3.73. The maximum atomic E-state index is 12.7. The number of aromatic nitrogens is 2. The number of allylic oxidation sites excluding steroid dienone is 2. The van der Waals surface area contributed by atoms with Crippen molar-refractivity contribution < 1.29 is 28.7 Å². The Morgan fingerprint density at radius 3 is 2.37 bits per heavy atom. The van der Waals surface area contributed by atoms with Crippen LogP contribution in [-0.2, 0) is 19.1 Å². The molecule has 13 heteroatoms. The van der Waals surface area contributed by atoms with E-state index < -0.39 is 17.0 Å². The standard InChI is InChI=1S/C21H27N5O4S.C4H5NO2.C3H8/c1-6-17(23-12-13(2)11-22)24-18-10-16(14-7-8-15(9-14)29-20(28)31)25-26(18)19(27)30-21(3,4)5;6-3-1-2-4(7)5-3;1-3-2/h6,10,12,14-15,24H,2,7-9H2,1,3-5H3,(H,28,31);1-2H2,(H,5,6,7);3H2,1-2H3/b17-6+,23-12-;;. The Bertz CT molecular complexity index is 1190. The van der Waals surface area contributed by atoms with Crippen molar-refractivity contribution in [3.63, 3.8) is 0 Å². The molecule has 3 rings (SSSR count). The predicted molar refractivity (Wildman–Crippen MR) is 159 cm³/mol. The lowest BCUT2D eigenvalue weighted by Crippen LogP contribution is -2.28. The fourth-order valence-electron chi connectivity index (χ4n) is 3.58. The number of ether oxygens (including phenoxy) is 2. The van der Waals surface area contributed by atoms with E-state index in [1.54, 1.807) is 39.8 Å². The van der Waals surface area contributed by atoms with Crippen molar-refractivity contribution in [3.8, 4) is 6.07 Å². The van der Waals surface area contributed by atoms with Crippen LogP contribution in [0.4, 0.5) is 15.4 Å². The fraction of sp³-hybridized carbons (Fsp3) is 0.536. The molecule has 2 N–H and O–H groups in total. The SMILES string of the molecule is C=C(C#N)/C=N\C(=C/C)Nc1cc(C2CCC(OC(=O)S)C2)nn1C(=O)OC(C)(C)C.CCC.O=C1CCC(=O)N1. The van der Waals surface area contributed by atoms with Gasteiger partial charge in [-0.15, -0.1) is 4.68 Å². The molecule has 2 aliphatic rings. The molecular weight excluding hydrogens is 548 g/mol. The Hall–Kier alpha value is -3.92. The molecule has 12 nitrogen and oxygen atoms in total. The van der Waals surface area contributed by atoms with E-state index in [9.17, 15) is 19.2 Å². The number of thiol groups is 1. The lowest BCUT2D eigenvalue weighted by Gasteiger charge is -2.19. The summed E-state index contributed by atoms with van der Waals surface area (Å²) in [5, 5.41) is 17.9. The molecule has 2 fully saturated rings. The molecule has 1 aliphatic carbocycles. The van der Waals surface area contributed by atoms with Crippen LogP contribution in [0.25, 0.3) is 0 Å². The van der Waals surface area contributed by atoms with Crippen LogP contribution in [-0.4, -0.2) is 50.9 Å². The summed E-state index contributed by atoms with van der Waals surface area (Å²) in [6.07, 6.45) is 6.18. The highest BCUT2D eigenvalue weighted by Gasteiger charge is 2.32. The topological polar surface area (TPSA) is 165 Å². The van der Waals surface area contributed by atoms with Crippen LogP contribution >= 0.6 is 12.6 Å². The molecule has 1 aromatic heterocycles. The van der Waals surface area contributed by atoms with E-state index in [0.29, 0.717) is 43.0 Å². The van der Waals surface area contributed by atoms with Gasteiger partial charge in [-0.05, 0) is 53.0 Å². The van der Waals surface area contributed by atoms with Crippen molar-refractivity contribution >= 4 is 47.9 Å². The Kier molecular flexibility index (Phi) is 14.6. The highest BCUT2D eigenvalue weighted by molar-refractivity contribution is 7.96. The van der Waals surface area contributed by atoms with Crippen molar-refractivity contribution in [1.82, 2.24) is 15.1 Å². The summed E-state index contributed by atoms with van der Waals surface area (Å²) < 4.78 is 11.8. The van der Waals surface area contributed by atoms with Gasteiger partial charge in [0.2, 0.25) is 11.8 Å². The number of rotatable bonds is 6. The minimum absolute atomic E-state index is 0.0119. The van der Waals surface area contributed by atoms with Gasteiger partial charge in [-0.3, -0.25) is 14.9 Å². The molecule has 0 spiro atoms. The molecule has 2 heterocycles. The summed E-state index contributed by atoms with van der Waals surface area (Å²) >= 11 is 3.67. The van der Waals surface area contributed by atoms with Crippen LogP contribution in [0, 0.1) is 11.3 Å². The van der Waals surface area contributed by atoms with Crippen molar-refractivity contribution in [1.29, 1.82) is 5.26 Å². The van der Waals surface area contributed by atoms with Crippen molar-refractivity contribution in [3.05, 3.63) is 35.8 Å². The maximum absolute atomic E-state index is 12.7. The molecule has 41 heavy (non-hydrogen) atoms. The number of amides is 2. The average Bonchev–Trinajstić information content (AvgIpc) is 3.61. The van der Waals surface area contributed by atoms with Crippen LogP contribution in [0.2, 0.25) is 0 Å². The molecule has 2 unspecified atom stereocenters. The van der Waals surface area contributed by atoms with E-state index in [-0.39, 0.29) is 29.4 Å². The number of aliphatic imine (C=N–C) groups is 1. The number of nitriles is 1. The Morgan fingerprint density at radius 1 is 1.29 bits per heavy atom. The number of carbonyl (C=O) groups is 4.